The molecule has 0 saturated heterocycles. The lowest BCUT2D eigenvalue weighted by atomic mass is 9.71. The summed E-state index contributed by atoms with van der Waals surface area (Å²) >= 11 is 5.53. The molecule has 0 amide bonds. The average Bonchev–Trinajstić information content (AvgIpc) is 2.84. The average molecular weight is 481 g/mol. The summed E-state index contributed by atoms with van der Waals surface area (Å²) in [7, 11) is 0. The quantitative estimate of drug-likeness (QED) is 0.185. The van der Waals surface area contributed by atoms with Crippen LogP contribution in [0, 0.1) is 0 Å². The Bertz CT molecular complexity index is 1090. The third-order valence-corrected chi connectivity index (χ3v) is 5.64. The molecule has 0 aromatic heterocycles. The van der Waals surface area contributed by atoms with Crippen molar-refractivity contribution in [2.75, 3.05) is 5.88 Å². The molecule has 0 heterocycles. The van der Waals surface area contributed by atoms with E-state index in [2.05, 4.69) is 6.92 Å². The molecule has 0 radical (unpaired) electrons. The molecule has 7 heteroatoms. The zero-order valence-electron chi connectivity index (χ0n) is 19.2. The van der Waals surface area contributed by atoms with Gasteiger partial charge in [-0.3, -0.25) is 14.4 Å². The van der Waals surface area contributed by atoms with Crippen LogP contribution in [0.15, 0.2) is 72.8 Å². The molecule has 0 saturated carbocycles. The maximum atomic E-state index is 11.6. The van der Waals surface area contributed by atoms with Crippen molar-refractivity contribution in [3.8, 4) is 17.2 Å². The summed E-state index contributed by atoms with van der Waals surface area (Å²) in [5.41, 5.74) is 2.18. The standard InChI is InChI=1S/C27H25ClO6/c1-4-25(30)33-23-13-7-20(8-14-23)27(3,19-5-11-22(12-6-19)32-18(2)29)21-9-15-24(16-10-21)34-26(31)17-28/h5-16H,4,17H2,1-3H3. The van der Waals surface area contributed by atoms with Crippen molar-refractivity contribution in [1.29, 1.82) is 0 Å². The number of alkyl halides is 1. The Labute approximate surface area is 203 Å². The van der Waals surface area contributed by atoms with E-state index in [9.17, 15) is 14.4 Å². The van der Waals surface area contributed by atoms with E-state index in [4.69, 9.17) is 25.8 Å². The number of carbonyl (C=O) groups excluding carboxylic acids is 3. The number of benzene rings is 3. The van der Waals surface area contributed by atoms with Gasteiger partial charge < -0.3 is 14.2 Å². The van der Waals surface area contributed by atoms with Crippen LogP contribution in [0.5, 0.6) is 17.2 Å². The number of rotatable bonds is 8. The lowest BCUT2D eigenvalue weighted by Crippen LogP contribution is -2.25. The Hall–Kier alpha value is -3.64. The number of ether oxygens (including phenoxy) is 3. The first kappa shape index (κ1) is 25.0. The highest BCUT2D eigenvalue weighted by atomic mass is 35.5. The normalized spacial score (nSPS) is 12.4. The largest absolute Gasteiger partial charge is 0.427 e. The van der Waals surface area contributed by atoms with Crippen LogP contribution in [0.3, 0.4) is 0 Å². The Morgan fingerprint density at radius 2 is 1.03 bits per heavy atom. The van der Waals surface area contributed by atoms with E-state index < -0.39 is 17.4 Å². The topological polar surface area (TPSA) is 78.9 Å². The van der Waals surface area contributed by atoms with Crippen LogP contribution >= 0.6 is 11.6 Å². The van der Waals surface area contributed by atoms with Gasteiger partial charge in [-0.1, -0.05) is 43.3 Å². The summed E-state index contributed by atoms with van der Waals surface area (Å²) in [6.45, 7) is 5.14. The highest BCUT2D eigenvalue weighted by molar-refractivity contribution is 6.26. The third-order valence-electron chi connectivity index (χ3n) is 5.42. The molecule has 0 aliphatic rings. The first-order valence-corrected chi connectivity index (χ1v) is 11.3. The number of halogens is 1. The number of esters is 3. The zero-order valence-corrected chi connectivity index (χ0v) is 19.9. The molecule has 3 rings (SSSR count). The zero-order chi connectivity index (χ0) is 24.7. The van der Waals surface area contributed by atoms with Crippen LogP contribution in [-0.4, -0.2) is 23.8 Å². The van der Waals surface area contributed by atoms with Gasteiger partial charge in [-0.2, -0.15) is 0 Å². The maximum absolute atomic E-state index is 11.6. The summed E-state index contributed by atoms with van der Waals surface area (Å²) in [5.74, 6) is -0.161. The predicted molar refractivity (Wildman–Crippen MR) is 128 cm³/mol. The predicted octanol–water partition coefficient (Wildman–Crippen LogP) is 5.43. The first-order valence-electron chi connectivity index (χ1n) is 10.7. The van der Waals surface area contributed by atoms with Gasteiger partial charge in [0.05, 0.1) is 0 Å². The SMILES string of the molecule is CCC(=O)Oc1ccc(C(C)(c2ccc(OC(C)=O)cc2)c2ccc(OC(=O)CCl)cc2)cc1. The van der Waals surface area contributed by atoms with E-state index in [0.717, 1.165) is 16.7 Å². The van der Waals surface area contributed by atoms with E-state index in [-0.39, 0.29) is 18.3 Å². The molecule has 0 spiro atoms. The lowest BCUT2D eigenvalue weighted by Gasteiger charge is -2.32. The van der Waals surface area contributed by atoms with Gasteiger partial charge in [0.15, 0.2) is 0 Å². The first-order chi connectivity index (χ1) is 16.3. The molecule has 1 atom stereocenters. The molecule has 3 aromatic carbocycles. The van der Waals surface area contributed by atoms with Gasteiger partial charge in [0.1, 0.15) is 23.1 Å². The summed E-state index contributed by atoms with van der Waals surface area (Å²) in [6.07, 6.45) is 0.286. The van der Waals surface area contributed by atoms with E-state index in [0.29, 0.717) is 17.2 Å². The number of hydrogen-bond acceptors (Lipinski definition) is 6. The fourth-order valence-corrected chi connectivity index (χ4v) is 3.65. The van der Waals surface area contributed by atoms with E-state index in [1.807, 2.05) is 36.4 Å². The van der Waals surface area contributed by atoms with Crippen molar-refractivity contribution >= 4 is 29.5 Å². The molecule has 1 unspecified atom stereocenters. The summed E-state index contributed by atoms with van der Waals surface area (Å²) in [6, 6.07) is 21.8. The van der Waals surface area contributed by atoms with Crippen molar-refractivity contribution in [1.82, 2.24) is 0 Å². The molecule has 6 nitrogen and oxygen atoms in total. The molecule has 0 aliphatic carbocycles. The lowest BCUT2D eigenvalue weighted by molar-refractivity contribution is -0.134. The number of hydrogen-bond donors (Lipinski definition) is 0. The minimum absolute atomic E-state index is 0.233. The van der Waals surface area contributed by atoms with E-state index >= 15 is 0 Å². The Kier molecular flexibility index (Phi) is 8.08. The van der Waals surface area contributed by atoms with Crippen molar-refractivity contribution in [3.63, 3.8) is 0 Å². The minimum Gasteiger partial charge on any atom is -0.427 e. The highest BCUT2D eigenvalue weighted by Crippen LogP contribution is 2.40. The molecule has 34 heavy (non-hydrogen) atoms. The van der Waals surface area contributed by atoms with Crippen molar-refractivity contribution in [3.05, 3.63) is 89.5 Å². The van der Waals surface area contributed by atoms with Gasteiger partial charge in [0.2, 0.25) is 0 Å². The second-order valence-corrected chi connectivity index (χ2v) is 7.99. The van der Waals surface area contributed by atoms with Gasteiger partial charge >= 0.3 is 17.9 Å². The summed E-state index contributed by atoms with van der Waals surface area (Å²) in [4.78, 5) is 34.5. The van der Waals surface area contributed by atoms with Crippen molar-refractivity contribution < 1.29 is 28.6 Å². The van der Waals surface area contributed by atoms with E-state index in [1.165, 1.54) is 6.92 Å². The van der Waals surface area contributed by atoms with Crippen molar-refractivity contribution in [2.45, 2.75) is 32.6 Å². The fraction of sp³-hybridized carbons (Fsp3) is 0.222. The molecular formula is C27H25ClO6. The van der Waals surface area contributed by atoms with Crippen LogP contribution < -0.4 is 14.2 Å². The third kappa shape index (κ3) is 5.83. The van der Waals surface area contributed by atoms with Gasteiger partial charge in [0, 0.05) is 18.8 Å². The van der Waals surface area contributed by atoms with Gasteiger partial charge in [-0.05, 0) is 60.0 Å². The molecule has 0 bridgehead atoms. The second kappa shape index (κ2) is 11.0. The van der Waals surface area contributed by atoms with Crippen LogP contribution in [0.1, 0.15) is 43.9 Å². The van der Waals surface area contributed by atoms with Crippen LogP contribution in [0.25, 0.3) is 0 Å². The molecule has 0 fully saturated rings. The maximum Gasteiger partial charge on any atom is 0.326 e. The number of carbonyl (C=O) groups is 3. The molecule has 176 valence electrons. The van der Waals surface area contributed by atoms with Crippen LogP contribution in [0.4, 0.5) is 0 Å². The summed E-state index contributed by atoms with van der Waals surface area (Å²) in [5, 5.41) is 0. The van der Waals surface area contributed by atoms with Gasteiger partial charge in [-0.15, -0.1) is 11.6 Å². The monoisotopic (exact) mass is 480 g/mol. The Morgan fingerprint density at radius 3 is 1.35 bits per heavy atom. The molecular weight excluding hydrogens is 456 g/mol. The molecule has 0 aliphatic heterocycles. The van der Waals surface area contributed by atoms with Crippen LogP contribution in [0.2, 0.25) is 0 Å². The van der Waals surface area contributed by atoms with Gasteiger partial charge in [-0.25, -0.2) is 0 Å². The molecule has 0 N–H and O–H groups in total. The second-order valence-electron chi connectivity index (χ2n) is 7.73. The van der Waals surface area contributed by atoms with Gasteiger partial charge in [0.25, 0.3) is 0 Å². The smallest absolute Gasteiger partial charge is 0.326 e. The van der Waals surface area contributed by atoms with Crippen LogP contribution in [-0.2, 0) is 19.8 Å². The highest BCUT2D eigenvalue weighted by Gasteiger charge is 2.31. The fourth-order valence-electron chi connectivity index (χ4n) is 3.60. The Balaban J connectivity index is 2.03. The summed E-state index contributed by atoms with van der Waals surface area (Å²) < 4.78 is 15.7. The molecule has 3 aromatic rings. The minimum atomic E-state index is -0.628. The van der Waals surface area contributed by atoms with E-state index in [1.54, 1.807) is 43.3 Å². The Morgan fingerprint density at radius 1 is 0.676 bits per heavy atom. The van der Waals surface area contributed by atoms with Crippen molar-refractivity contribution in [2.24, 2.45) is 0 Å².